The Bertz CT molecular complexity index is 795. The van der Waals surface area contributed by atoms with Gasteiger partial charge in [0.2, 0.25) is 5.91 Å². The Kier molecular flexibility index (Phi) is 5.78. The molecule has 0 radical (unpaired) electrons. The van der Waals surface area contributed by atoms with Gasteiger partial charge >= 0.3 is 6.03 Å². The van der Waals surface area contributed by atoms with Crippen LogP contribution < -0.4 is 11.1 Å². The van der Waals surface area contributed by atoms with Gasteiger partial charge in [-0.3, -0.25) is 4.79 Å². The predicted molar refractivity (Wildman–Crippen MR) is 104 cm³/mol. The second-order valence-corrected chi connectivity index (χ2v) is 6.92. The van der Waals surface area contributed by atoms with Crippen molar-refractivity contribution in [3.8, 4) is 0 Å². The quantitative estimate of drug-likeness (QED) is 0.846. The Morgan fingerprint density at radius 3 is 2.54 bits per heavy atom. The van der Waals surface area contributed by atoms with Crippen molar-refractivity contribution in [2.75, 3.05) is 18.4 Å². The number of amides is 3. The number of hydrogen-bond acceptors (Lipinski definition) is 2. The van der Waals surface area contributed by atoms with Gasteiger partial charge in [0.05, 0.1) is 10.6 Å². The lowest BCUT2D eigenvalue weighted by atomic mass is 9.92. The van der Waals surface area contributed by atoms with Crippen LogP contribution in [0.1, 0.15) is 41.1 Å². The van der Waals surface area contributed by atoms with Crippen molar-refractivity contribution in [2.24, 2.45) is 5.73 Å². The number of nitrogens with one attached hydrogen (secondary N) is 1. The van der Waals surface area contributed by atoms with Gasteiger partial charge in [-0.25, -0.2) is 4.79 Å². The fourth-order valence-corrected chi connectivity index (χ4v) is 3.63. The van der Waals surface area contributed by atoms with Gasteiger partial charge in [-0.1, -0.05) is 41.9 Å². The molecule has 0 aromatic heterocycles. The van der Waals surface area contributed by atoms with E-state index in [0.29, 0.717) is 18.2 Å². The average molecular weight is 372 g/mol. The van der Waals surface area contributed by atoms with Gasteiger partial charge in [0.1, 0.15) is 0 Å². The van der Waals surface area contributed by atoms with Gasteiger partial charge in [0, 0.05) is 18.8 Å². The van der Waals surface area contributed by atoms with Crippen molar-refractivity contribution in [1.82, 2.24) is 4.90 Å². The van der Waals surface area contributed by atoms with Crippen LogP contribution in [0.15, 0.2) is 48.5 Å². The maximum Gasteiger partial charge on any atom is 0.321 e. The van der Waals surface area contributed by atoms with E-state index >= 15 is 0 Å². The summed E-state index contributed by atoms with van der Waals surface area (Å²) in [6, 6.07) is 15.0. The molecule has 0 spiro atoms. The second-order valence-electron chi connectivity index (χ2n) is 6.51. The van der Waals surface area contributed by atoms with Crippen LogP contribution in [0.3, 0.4) is 0 Å². The number of primary amides is 1. The molecule has 1 atom stereocenters. The van der Waals surface area contributed by atoms with E-state index in [2.05, 4.69) is 29.6 Å². The molecule has 0 unspecified atom stereocenters. The third kappa shape index (κ3) is 4.35. The van der Waals surface area contributed by atoms with Crippen LogP contribution >= 0.6 is 11.6 Å². The monoisotopic (exact) mass is 371 g/mol. The van der Waals surface area contributed by atoms with E-state index in [1.807, 2.05) is 11.0 Å². The van der Waals surface area contributed by atoms with Crippen molar-refractivity contribution in [1.29, 1.82) is 0 Å². The minimum Gasteiger partial charge on any atom is -0.366 e. The summed E-state index contributed by atoms with van der Waals surface area (Å²) >= 11 is 6.04. The largest absolute Gasteiger partial charge is 0.366 e. The molecular formula is C20H22ClN3O2. The molecule has 6 heteroatoms. The molecule has 1 saturated heterocycles. The maximum atomic E-state index is 12.6. The number of benzene rings is 2. The molecule has 136 valence electrons. The Balaban J connectivity index is 1.62. The summed E-state index contributed by atoms with van der Waals surface area (Å²) in [5.74, 6) is -0.106. The Morgan fingerprint density at radius 1 is 1.08 bits per heavy atom. The summed E-state index contributed by atoms with van der Waals surface area (Å²) < 4.78 is 0. The number of carbonyl (C=O) groups is 2. The SMILES string of the molecule is NC(=O)c1ccc(NC(=O)N2CCC[C@H](c3ccccc3)CC2)cc1Cl. The van der Waals surface area contributed by atoms with Gasteiger partial charge in [-0.05, 0) is 48.9 Å². The summed E-state index contributed by atoms with van der Waals surface area (Å²) in [7, 11) is 0. The van der Waals surface area contributed by atoms with Crippen molar-refractivity contribution < 1.29 is 9.59 Å². The first-order valence-corrected chi connectivity index (χ1v) is 9.12. The molecule has 0 aliphatic carbocycles. The minimum absolute atomic E-state index is 0.151. The number of urea groups is 1. The average Bonchev–Trinajstić information content (AvgIpc) is 2.88. The molecule has 3 rings (SSSR count). The van der Waals surface area contributed by atoms with Crippen molar-refractivity contribution >= 4 is 29.2 Å². The van der Waals surface area contributed by atoms with Gasteiger partial charge in [-0.2, -0.15) is 0 Å². The van der Waals surface area contributed by atoms with Crippen molar-refractivity contribution in [3.05, 3.63) is 64.7 Å². The highest BCUT2D eigenvalue weighted by Gasteiger charge is 2.21. The summed E-state index contributed by atoms with van der Waals surface area (Å²) in [6.45, 7) is 1.43. The number of rotatable bonds is 3. The smallest absolute Gasteiger partial charge is 0.321 e. The Hall–Kier alpha value is -2.53. The number of likely N-dealkylation sites (tertiary alicyclic amines) is 1. The van der Waals surface area contributed by atoms with Crippen LogP contribution in [0.2, 0.25) is 5.02 Å². The summed E-state index contributed by atoms with van der Waals surface area (Å²) in [5, 5.41) is 3.08. The van der Waals surface area contributed by atoms with Crippen LogP contribution in [-0.4, -0.2) is 29.9 Å². The molecular weight excluding hydrogens is 350 g/mol. The van der Waals surface area contributed by atoms with Crippen LogP contribution in [0, 0.1) is 0 Å². The summed E-state index contributed by atoms with van der Waals surface area (Å²) in [4.78, 5) is 25.6. The summed E-state index contributed by atoms with van der Waals surface area (Å²) in [5.41, 5.74) is 7.37. The molecule has 3 N–H and O–H groups in total. The fourth-order valence-electron chi connectivity index (χ4n) is 3.35. The number of anilines is 1. The van der Waals surface area contributed by atoms with Crippen LogP contribution in [0.4, 0.5) is 10.5 Å². The van der Waals surface area contributed by atoms with Crippen LogP contribution in [-0.2, 0) is 0 Å². The lowest BCUT2D eigenvalue weighted by molar-refractivity contribution is 0.100. The first kappa shape index (κ1) is 18.3. The third-order valence-corrected chi connectivity index (χ3v) is 5.08. The maximum absolute atomic E-state index is 12.6. The lowest BCUT2D eigenvalue weighted by Crippen LogP contribution is -2.35. The first-order valence-electron chi connectivity index (χ1n) is 8.75. The highest BCUT2D eigenvalue weighted by molar-refractivity contribution is 6.34. The van der Waals surface area contributed by atoms with Crippen LogP contribution in [0.5, 0.6) is 0 Å². The predicted octanol–water partition coefficient (Wildman–Crippen LogP) is 4.24. The van der Waals surface area contributed by atoms with E-state index in [1.54, 1.807) is 12.1 Å². The molecule has 2 aromatic carbocycles. The molecule has 1 aliphatic heterocycles. The van der Waals surface area contributed by atoms with E-state index in [1.165, 1.54) is 11.6 Å². The lowest BCUT2D eigenvalue weighted by Gasteiger charge is -2.21. The zero-order valence-corrected chi connectivity index (χ0v) is 15.2. The Morgan fingerprint density at radius 2 is 1.85 bits per heavy atom. The van der Waals surface area contributed by atoms with E-state index in [9.17, 15) is 9.59 Å². The third-order valence-electron chi connectivity index (χ3n) is 4.77. The zero-order valence-electron chi connectivity index (χ0n) is 14.5. The summed E-state index contributed by atoms with van der Waals surface area (Å²) in [6.07, 6.45) is 2.99. The molecule has 2 aromatic rings. The first-order chi connectivity index (χ1) is 12.5. The molecule has 0 bridgehead atoms. The number of nitrogens with zero attached hydrogens (tertiary/aromatic N) is 1. The normalized spacial score (nSPS) is 17.4. The standard InChI is InChI=1S/C20H22ClN3O2/c21-18-13-16(8-9-17(18)19(22)25)23-20(26)24-11-4-7-15(10-12-24)14-5-2-1-3-6-14/h1-3,5-6,8-9,13,15H,4,7,10-12H2,(H2,22,25)(H,23,26)/t15-/m0/s1. The van der Waals surface area contributed by atoms with E-state index in [0.717, 1.165) is 25.8 Å². The topological polar surface area (TPSA) is 75.4 Å². The van der Waals surface area contributed by atoms with Crippen molar-refractivity contribution in [3.63, 3.8) is 0 Å². The number of carbonyl (C=O) groups excluding carboxylic acids is 2. The van der Waals surface area contributed by atoms with E-state index in [4.69, 9.17) is 17.3 Å². The number of hydrogen-bond donors (Lipinski definition) is 2. The molecule has 3 amide bonds. The molecule has 1 fully saturated rings. The number of halogens is 1. The highest BCUT2D eigenvalue weighted by atomic mass is 35.5. The van der Waals surface area contributed by atoms with Gasteiger partial charge in [-0.15, -0.1) is 0 Å². The number of nitrogens with two attached hydrogens (primary N) is 1. The zero-order chi connectivity index (χ0) is 18.5. The highest BCUT2D eigenvalue weighted by Crippen LogP contribution is 2.28. The molecule has 1 heterocycles. The van der Waals surface area contributed by atoms with Gasteiger partial charge in [0.25, 0.3) is 0 Å². The fraction of sp³-hybridized carbons (Fsp3) is 0.300. The van der Waals surface area contributed by atoms with E-state index in [-0.39, 0.29) is 16.6 Å². The minimum atomic E-state index is -0.590. The molecule has 5 nitrogen and oxygen atoms in total. The Labute approximate surface area is 158 Å². The van der Waals surface area contributed by atoms with Gasteiger partial charge < -0.3 is 16.0 Å². The molecule has 26 heavy (non-hydrogen) atoms. The second kappa shape index (κ2) is 8.23. The molecule has 1 aliphatic rings. The molecule has 0 saturated carbocycles. The van der Waals surface area contributed by atoms with Gasteiger partial charge in [0.15, 0.2) is 0 Å². The van der Waals surface area contributed by atoms with Crippen molar-refractivity contribution in [2.45, 2.75) is 25.2 Å². The van der Waals surface area contributed by atoms with E-state index < -0.39 is 5.91 Å². The van der Waals surface area contributed by atoms with Crippen LogP contribution in [0.25, 0.3) is 0 Å².